The molecule has 262 valence electrons. The fourth-order valence-electron chi connectivity index (χ4n) is 7.15. The minimum Gasteiger partial charge on any atom is -0.456 e. The summed E-state index contributed by atoms with van der Waals surface area (Å²) >= 11 is 0. The number of rotatable bonds is 6. The number of fused-ring (bicyclic) bond motifs is 6. The van der Waals surface area contributed by atoms with Crippen LogP contribution in [0.5, 0.6) is 0 Å². The van der Waals surface area contributed by atoms with Crippen molar-refractivity contribution in [1.82, 2.24) is 19.5 Å². The van der Waals surface area contributed by atoms with E-state index in [-0.39, 0.29) is 44.8 Å². The van der Waals surface area contributed by atoms with Crippen molar-refractivity contribution in [2.45, 2.75) is 0 Å². The van der Waals surface area contributed by atoms with Gasteiger partial charge < -0.3 is 8.98 Å². The zero-order valence-electron chi connectivity index (χ0n) is 41.2. The van der Waals surface area contributed by atoms with Crippen LogP contribution in [0, 0.1) is 0 Å². The Morgan fingerprint density at radius 2 is 0.982 bits per heavy atom. The average Bonchev–Trinajstić information content (AvgIpc) is 3.92. The summed E-state index contributed by atoms with van der Waals surface area (Å²) in [5, 5.41) is 1.53. The highest BCUT2D eigenvalue weighted by molar-refractivity contribution is 6.10. The van der Waals surface area contributed by atoms with E-state index in [1.54, 1.807) is 24.3 Å². The molecule has 0 spiro atoms. The van der Waals surface area contributed by atoms with Crippen molar-refractivity contribution < 1.29 is 20.9 Å². The molecule has 0 fully saturated rings. The smallest absolute Gasteiger partial charge is 0.164 e. The third kappa shape index (κ3) is 5.45. The number of benzene rings is 8. The Labute approximate surface area is 339 Å². The van der Waals surface area contributed by atoms with E-state index in [1.165, 1.54) is 0 Å². The predicted molar refractivity (Wildman–Crippen MR) is 229 cm³/mol. The van der Waals surface area contributed by atoms with E-state index < -0.39 is 72.2 Å². The minimum atomic E-state index is -0.711. The predicted octanol–water partition coefficient (Wildman–Crippen LogP) is 13.2. The second-order valence-electron chi connectivity index (χ2n) is 13.1. The van der Waals surface area contributed by atoms with Gasteiger partial charge in [-0.2, -0.15) is 0 Å². The van der Waals surface area contributed by atoms with Crippen molar-refractivity contribution >= 4 is 43.7 Å². The van der Waals surface area contributed by atoms with Crippen LogP contribution in [0.3, 0.4) is 0 Å². The van der Waals surface area contributed by atoms with Crippen LogP contribution in [-0.4, -0.2) is 19.5 Å². The summed E-state index contributed by atoms with van der Waals surface area (Å²) < 4.78 is 114. The number of hydrogen-bond donors (Lipinski definition) is 0. The largest absolute Gasteiger partial charge is 0.456 e. The number of nitrogens with zero attached hydrogens (tertiary/aromatic N) is 4. The van der Waals surface area contributed by atoms with E-state index in [0.29, 0.717) is 33.9 Å². The van der Waals surface area contributed by atoms with Gasteiger partial charge in [-0.25, -0.2) is 15.0 Å². The van der Waals surface area contributed by atoms with E-state index in [1.807, 2.05) is 97.1 Å². The third-order valence-electron chi connectivity index (χ3n) is 9.78. The van der Waals surface area contributed by atoms with Crippen molar-refractivity contribution in [3.8, 4) is 62.1 Å². The molecule has 8 aromatic carbocycles. The fraction of sp³-hybridized carbons (Fsp3) is 0. The first kappa shape index (κ1) is 21.9. The molecule has 0 radical (unpaired) electrons. The van der Waals surface area contributed by atoms with Gasteiger partial charge in [-0.05, 0) is 82.8 Å². The molecule has 0 atom stereocenters. The van der Waals surface area contributed by atoms with Gasteiger partial charge in [0.05, 0.1) is 27.5 Å². The Balaban J connectivity index is 1.14. The van der Waals surface area contributed by atoms with Gasteiger partial charge in [-0.3, -0.25) is 0 Å². The highest BCUT2D eigenvalue weighted by Crippen LogP contribution is 2.37. The first-order chi connectivity index (χ1) is 32.7. The molecule has 3 heterocycles. The summed E-state index contributed by atoms with van der Waals surface area (Å²) in [4.78, 5) is 15.0. The highest BCUT2D eigenvalue weighted by Gasteiger charge is 2.17. The molecule has 3 aromatic heterocycles. The Morgan fingerprint density at radius 1 is 0.393 bits per heavy atom. The molecule has 0 aliphatic heterocycles. The molecular weight excluding hydrogens is 685 g/mol. The molecule has 0 aliphatic rings. The maximum absolute atomic E-state index is 9.74. The van der Waals surface area contributed by atoms with Crippen molar-refractivity contribution in [2.75, 3.05) is 0 Å². The maximum Gasteiger partial charge on any atom is 0.164 e. The molecule has 56 heavy (non-hydrogen) atoms. The molecule has 5 nitrogen and oxygen atoms in total. The van der Waals surface area contributed by atoms with Gasteiger partial charge in [0, 0.05) is 43.9 Å². The van der Waals surface area contributed by atoms with Gasteiger partial charge in [-0.15, -0.1) is 0 Å². The molecule has 0 unspecified atom stereocenters. The van der Waals surface area contributed by atoms with Gasteiger partial charge in [0.1, 0.15) is 11.2 Å². The first-order valence-electron chi connectivity index (χ1n) is 23.8. The van der Waals surface area contributed by atoms with Crippen molar-refractivity contribution in [3.63, 3.8) is 0 Å². The van der Waals surface area contributed by atoms with Crippen LogP contribution in [-0.2, 0) is 0 Å². The summed E-state index contributed by atoms with van der Waals surface area (Å²) in [6.07, 6.45) is 0. The van der Waals surface area contributed by atoms with Crippen LogP contribution in [0.2, 0.25) is 0 Å². The molecule has 0 saturated heterocycles. The molecule has 0 amide bonds. The van der Waals surface area contributed by atoms with Crippen molar-refractivity contribution in [2.24, 2.45) is 0 Å². The Bertz CT molecular complexity index is 3940. The monoisotopic (exact) mass is 728 g/mol. The molecule has 11 aromatic rings. The first-order valence-corrected chi connectivity index (χ1v) is 17.8. The fourth-order valence-corrected chi connectivity index (χ4v) is 7.15. The lowest BCUT2D eigenvalue weighted by Crippen LogP contribution is -2.00. The lowest BCUT2D eigenvalue weighted by Gasteiger charge is -2.11. The van der Waals surface area contributed by atoms with Gasteiger partial charge in [0.2, 0.25) is 0 Å². The zero-order chi connectivity index (χ0) is 47.4. The van der Waals surface area contributed by atoms with Crippen LogP contribution >= 0.6 is 0 Å². The average molecular weight is 729 g/mol. The third-order valence-corrected chi connectivity index (χ3v) is 9.78. The second kappa shape index (κ2) is 13.0. The summed E-state index contributed by atoms with van der Waals surface area (Å²) in [6, 6.07) is 30.7. The van der Waals surface area contributed by atoms with E-state index >= 15 is 0 Å². The number of furan rings is 1. The van der Waals surface area contributed by atoms with E-state index in [4.69, 9.17) is 31.7 Å². The van der Waals surface area contributed by atoms with Crippen LogP contribution in [0.25, 0.3) is 106 Å². The number of para-hydroxylation sites is 3. The number of aromatic nitrogens is 4. The van der Waals surface area contributed by atoms with E-state index in [9.17, 15) is 4.11 Å². The minimum absolute atomic E-state index is 0.0581. The van der Waals surface area contributed by atoms with Crippen LogP contribution in [0.15, 0.2) is 198 Å². The second-order valence-corrected chi connectivity index (χ2v) is 13.1. The van der Waals surface area contributed by atoms with Crippen molar-refractivity contribution in [1.29, 1.82) is 0 Å². The van der Waals surface area contributed by atoms with Gasteiger partial charge in [-0.1, -0.05) is 133 Å². The van der Waals surface area contributed by atoms with Crippen LogP contribution in [0.4, 0.5) is 0 Å². The summed E-state index contributed by atoms with van der Waals surface area (Å²) in [5.74, 6) is 0.957. The number of hydrogen-bond acceptors (Lipinski definition) is 4. The molecule has 5 heteroatoms. The topological polar surface area (TPSA) is 56.7 Å². The Hall–Kier alpha value is -7.63. The van der Waals surface area contributed by atoms with Gasteiger partial charge >= 0.3 is 0 Å². The summed E-state index contributed by atoms with van der Waals surface area (Å²) in [5.41, 5.74) is 4.31. The molecule has 0 N–H and O–H groups in total. The normalized spacial score (nSPS) is 14.6. The SMILES string of the molecule is [2H]c1c([2H])c([2H])c(-n2c3c([2H])c([2H])c([2H])c([2H])c3c3c([2H])c(-c4cccc(-c5nc(-c6cccc(-c7ccccc7)c6)nc(-c6ccc7c(c6)oc6ccccc67)n5)c4)c([2H])c([2H])c32)c([2H])c1[2H]. The highest BCUT2D eigenvalue weighted by atomic mass is 16.3. The van der Waals surface area contributed by atoms with Gasteiger partial charge in [0.15, 0.2) is 17.5 Å². The summed E-state index contributed by atoms with van der Waals surface area (Å²) in [7, 11) is 0. The lowest BCUT2D eigenvalue weighted by molar-refractivity contribution is 0.669. The quantitative estimate of drug-likeness (QED) is 0.171. The van der Waals surface area contributed by atoms with E-state index in [2.05, 4.69) is 0 Å². The standard InChI is InChI=1S/C51H32N4O/c1-3-13-33(14-4-1)34-15-11-17-37(29-34)49-52-50(54-51(53-49)39-25-27-43-42-22-8-10-24-47(42)56-48(43)32-39)38-18-12-16-35(30-38)36-26-28-46-44(31-36)41-21-7-9-23-45(41)55(46)40-19-5-2-6-20-40/h1-32H/i2D,5D,6D,7D,9D,19D,20D,21D,23D,26D,28D,31D. The molecule has 11 rings (SSSR count). The van der Waals surface area contributed by atoms with Gasteiger partial charge in [0.25, 0.3) is 0 Å². The Kier molecular flexibility index (Phi) is 5.10. The molecular formula is C51H32N4O. The van der Waals surface area contributed by atoms with Crippen LogP contribution in [0.1, 0.15) is 16.4 Å². The van der Waals surface area contributed by atoms with Crippen LogP contribution < -0.4 is 0 Å². The molecule has 0 aliphatic carbocycles. The summed E-state index contributed by atoms with van der Waals surface area (Å²) in [6.45, 7) is 0. The lowest BCUT2D eigenvalue weighted by atomic mass is 10.0. The maximum atomic E-state index is 9.74. The molecule has 0 saturated carbocycles. The molecule has 0 bridgehead atoms. The Morgan fingerprint density at radius 3 is 1.75 bits per heavy atom. The zero-order valence-corrected chi connectivity index (χ0v) is 29.2. The van der Waals surface area contributed by atoms with E-state index in [0.717, 1.165) is 32.0 Å². The van der Waals surface area contributed by atoms with Crippen molar-refractivity contribution in [3.05, 3.63) is 194 Å².